The van der Waals surface area contributed by atoms with E-state index in [1.54, 1.807) is 12.1 Å². The summed E-state index contributed by atoms with van der Waals surface area (Å²) in [6, 6.07) is 5.81. The number of rotatable bonds is 1. The molecular formula is C14H16F3N3. The van der Waals surface area contributed by atoms with Gasteiger partial charge in [0.15, 0.2) is 0 Å². The molecule has 6 heteroatoms. The molecule has 2 rings (SSSR count). The van der Waals surface area contributed by atoms with Crippen molar-refractivity contribution in [1.29, 1.82) is 5.26 Å². The lowest BCUT2D eigenvalue weighted by Gasteiger charge is -2.39. The quantitative estimate of drug-likeness (QED) is 0.794. The molecule has 1 aromatic carbocycles. The van der Waals surface area contributed by atoms with E-state index in [-0.39, 0.29) is 11.6 Å². The molecule has 0 N–H and O–H groups in total. The molecule has 1 fully saturated rings. The van der Waals surface area contributed by atoms with E-state index < -0.39 is 11.7 Å². The monoisotopic (exact) mass is 283 g/mol. The third kappa shape index (κ3) is 2.88. The Balaban J connectivity index is 2.33. The first kappa shape index (κ1) is 14.7. The van der Waals surface area contributed by atoms with Gasteiger partial charge in [0, 0.05) is 31.4 Å². The van der Waals surface area contributed by atoms with Crippen LogP contribution in [0.25, 0.3) is 0 Å². The molecular weight excluding hydrogens is 267 g/mol. The predicted molar refractivity (Wildman–Crippen MR) is 70.5 cm³/mol. The third-order valence-corrected chi connectivity index (χ3v) is 3.75. The predicted octanol–water partition coefficient (Wildman–Crippen LogP) is 2.72. The first-order valence-electron chi connectivity index (χ1n) is 6.39. The van der Waals surface area contributed by atoms with Gasteiger partial charge in [-0.3, -0.25) is 0 Å². The lowest BCUT2D eigenvalue weighted by molar-refractivity contribution is -0.137. The maximum absolute atomic E-state index is 12.9. The average Bonchev–Trinajstić information content (AvgIpc) is 2.40. The van der Waals surface area contributed by atoms with E-state index in [4.69, 9.17) is 5.26 Å². The molecule has 0 saturated carbocycles. The van der Waals surface area contributed by atoms with Gasteiger partial charge in [0.25, 0.3) is 0 Å². The minimum Gasteiger partial charge on any atom is -0.369 e. The fourth-order valence-electron chi connectivity index (χ4n) is 2.34. The molecule has 0 amide bonds. The van der Waals surface area contributed by atoms with E-state index in [1.165, 1.54) is 6.07 Å². The number of anilines is 1. The molecule has 0 bridgehead atoms. The van der Waals surface area contributed by atoms with Gasteiger partial charge in [-0.2, -0.15) is 18.4 Å². The van der Waals surface area contributed by atoms with Gasteiger partial charge in [0.2, 0.25) is 0 Å². The maximum Gasteiger partial charge on any atom is 0.417 e. The average molecular weight is 283 g/mol. The summed E-state index contributed by atoms with van der Waals surface area (Å²) in [7, 11) is 2.00. The van der Waals surface area contributed by atoms with Crippen LogP contribution >= 0.6 is 0 Å². The van der Waals surface area contributed by atoms with Crippen LogP contribution in [0.2, 0.25) is 0 Å². The van der Waals surface area contributed by atoms with Crippen molar-refractivity contribution in [1.82, 2.24) is 4.90 Å². The van der Waals surface area contributed by atoms with E-state index >= 15 is 0 Å². The van der Waals surface area contributed by atoms with Crippen molar-refractivity contribution in [3.05, 3.63) is 29.3 Å². The Bertz CT molecular complexity index is 533. The molecule has 108 valence electrons. The Morgan fingerprint density at radius 3 is 2.55 bits per heavy atom. The highest BCUT2D eigenvalue weighted by molar-refractivity contribution is 5.55. The molecule has 1 saturated heterocycles. The number of hydrogen-bond acceptors (Lipinski definition) is 3. The van der Waals surface area contributed by atoms with Crippen molar-refractivity contribution >= 4 is 5.69 Å². The topological polar surface area (TPSA) is 30.3 Å². The van der Waals surface area contributed by atoms with E-state index in [0.717, 1.165) is 12.6 Å². The highest BCUT2D eigenvalue weighted by Gasteiger charge is 2.34. The molecule has 3 nitrogen and oxygen atoms in total. The van der Waals surface area contributed by atoms with E-state index in [2.05, 4.69) is 4.90 Å². The van der Waals surface area contributed by atoms with Gasteiger partial charge in [-0.1, -0.05) is 0 Å². The Kier molecular flexibility index (Phi) is 3.91. The second-order valence-electron chi connectivity index (χ2n) is 5.12. The van der Waals surface area contributed by atoms with Crippen LogP contribution in [0.15, 0.2) is 18.2 Å². The largest absolute Gasteiger partial charge is 0.417 e. The zero-order valence-electron chi connectivity index (χ0n) is 11.4. The standard InChI is InChI=1S/C14H16F3N3/c1-10-9-20(6-5-19(10)2)12-4-3-11(8-18)13(7-12)14(15,16)17/h3-4,7,10H,5-6,9H2,1-2H3. The summed E-state index contributed by atoms with van der Waals surface area (Å²) in [5.74, 6) is 0. The molecule has 0 aromatic heterocycles. The lowest BCUT2D eigenvalue weighted by atomic mass is 10.1. The number of alkyl halides is 3. The smallest absolute Gasteiger partial charge is 0.369 e. The van der Waals surface area contributed by atoms with Crippen molar-refractivity contribution in [3.8, 4) is 6.07 Å². The van der Waals surface area contributed by atoms with Crippen LogP contribution in [-0.4, -0.2) is 37.6 Å². The molecule has 20 heavy (non-hydrogen) atoms. The van der Waals surface area contributed by atoms with E-state index in [1.807, 2.05) is 18.9 Å². The van der Waals surface area contributed by atoms with Gasteiger partial charge in [-0.25, -0.2) is 0 Å². The van der Waals surface area contributed by atoms with Crippen LogP contribution in [0.5, 0.6) is 0 Å². The van der Waals surface area contributed by atoms with Crippen molar-refractivity contribution in [2.75, 3.05) is 31.6 Å². The fourth-order valence-corrected chi connectivity index (χ4v) is 2.34. The number of halogens is 3. The maximum atomic E-state index is 12.9. The Morgan fingerprint density at radius 2 is 2.00 bits per heavy atom. The fraction of sp³-hybridized carbons (Fsp3) is 0.500. The summed E-state index contributed by atoms with van der Waals surface area (Å²) in [4.78, 5) is 4.10. The van der Waals surface area contributed by atoms with Gasteiger partial charge in [0.1, 0.15) is 0 Å². The van der Waals surface area contributed by atoms with Crippen LogP contribution in [-0.2, 0) is 6.18 Å². The first-order valence-corrected chi connectivity index (χ1v) is 6.39. The van der Waals surface area contributed by atoms with Crippen molar-refractivity contribution in [3.63, 3.8) is 0 Å². The summed E-state index contributed by atoms with van der Waals surface area (Å²) in [6.45, 7) is 4.22. The molecule has 1 aromatic rings. The lowest BCUT2D eigenvalue weighted by Crippen LogP contribution is -2.50. The van der Waals surface area contributed by atoms with Crippen molar-refractivity contribution < 1.29 is 13.2 Å². The number of likely N-dealkylation sites (N-methyl/N-ethyl adjacent to an activating group) is 1. The minimum absolute atomic E-state index is 0.286. The van der Waals surface area contributed by atoms with Gasteiger partial charge in [-0.15, -0.1) is 0 Å². The van der Waals surface area contributed by atoms with E-state index in [0.29, 0.717) is 18.8 Å². The van der Waals surface area contributed by atoms with Crippen LogP contribution in [0.3, 0.4) is 0 Å². The van der Waals surface area contributed by atoms with Crippen molar-refractivity contribution in [2.24, 2.45) is 0 Å². The molecule has 0 spiro atoms. The summed E-state index contributed by atoms with van der Waals surface area (Å²) < 4.78 is 38.8. The Labute approximate surface area is 116 Å². The molecule has 1 unspecified atom stereocenters. The second kappa shape index (κ2) is 5.33. The third-order valence-electron chi connectivity index (χ3n) is 3.75. The first-order chi connectivity index (χ1) is 9.32. The highest BCUT2D eigenvalue weighted by Crippen LogP contribution is 2.34. The van der Waals surface area contributed by atoms with E-state index in [9.17, 15) is 13.2 Å². The van der Waals surface area contributed by atoms with Gasteiger partial charge in [0.05, 0.1) is 17.2 Å². The highest BCUT2D eigenvalue weighted by atomic mass is 19.4. The summed E-state index contributed by atoms with van der Waals surface area (Å²) in [6.07, 6.45) is -4.50. The molecule has 0 aliphatic carbocycles. The Morgan fingerprint density at radius 1 is 1.30 bits per heavy atom. The van der Waals surface area contributed by atoms with Gasteiger partial charge < -0.3 is 9.80 Å². The number of hydrogen-bond donors (Lipinski definition) is 0. The zero-order chi connectivity index (χ0) is 14.9. The molecule has 0 radical (unpaired) electrons. The van der Waals surface area contributed by atoms with Gasteiger partial charge >= 0.3 is 6.18 Å². The van der Waals surface area contributed by atoms with Crippen LogP contribution in [0, 0.1) is 11.3 Å². The molecule has 1 aliphatic rings. The normalized spacial score (nSPS) is 20.8. The van der Waals surface area contributed by atoms with Crippen molar-refractivity contribution in [2.45, 2.75) is 19.1 Å². The van der Waals surface area contributed by atoms with Crippen LogP contribution < -0.4 is 4.90 Å². The SMILES string of the molecule is CC1CN(c2ccc(C#N)c(C(F)(F)F)c2)CCN1C. The van der Waals surface area contributed by atoms with Crippen LogP contribution in [0.4, 0.5) is 18.9 Å². The molecule has 1 atom stereocenters. The Hall–Kier alpha value is -1.74. The molecule has 1 aliphatic heterocycles. The second-order valence-corrected chi connectivity index (χ2v) is 5.12. The number of nitrogens with zero attached hydrogens (tertiary/aromatic N) is 3. The van der Waals surface area contributed by atoms with Gasteiger partial charge in [-0.05, 0) is 32.2 Å². The minimum atomic E-state index is -4.50. The molecule has 1 heterocycles. The van der Waals surface area contributed by atoms with Crippen LogP contribution in [0.1, 0.15) is 18.1 Å². The zero-order valence-corrected chi connectivity index (χ0v) is 11.4. The summed E-state index contributed by atoms with van der Waals surface area (Å²) in [5.41, 5.74) is -0.663. The number of piperazine rings is 1. The summed E-state index contributed by atoms with van der Waals surface area (Å²) in [5, 5.41) is 8.79. The summed E-state index contributed by atoms with van der Waals surface area (Å²) >= 11 is 0. The number of nitriles is 1. The number of benzene rings is 1.